The standard InChI is InChI=1S/C11H14FN3O4/c1-6(19-2)5-14-11(16)7-3-9(13)8(12)4-10(7)15(17)18/h3-4,6H,5,13H2,1-2H3,(H,14,16). The van der Waals surface area contributed by atoms with Crippen LogP contribution in [0.5, 0.6) is 0 Å². The number of methoxy groups -OCH3 is 1. The van der Waals surface area contributed by atoms with Gasteiger partial charge in [-0.15, -0.1) is 0 Å². The molecule has 3 N–H and O–H groups in total. The topological polar surface area (TPSA) is 107 Å². The van der Waals surface area contributed by atoms with Crippen molar-refractivity contribution in [1.82, 2.24) is 5.32 Å². The summed E-state index contributed by atoms with van der Waals surface area (Å²) in [5.74, 6) is -1.64. The predicted octanol–water partition coefficient (Wildman–Crippen LogP) is 1.08. The van der Waals surface area contributed by atoms with Gasteiger partial charge in [0.15, 0.2) is 5.82 Å². The van der Waals surface area contributed by atoms with E-state index in [9.17, 15) is 19.3 Å². The second kappa shape index (κ2) is 6.10. The van der Waals surface area contributed by atoms with Gasteiger partial charge in [-0.25, -0.2) is 4.39 Å². The Labute approximate surface area is 108 Å². The van der Waals surface area contributed by atoms with E-state index in [4.69, 9.17) is 10.5 Å². The summed E-state index contributed by atoms with van der Waals surface area (Å²) in [5, 5.41) is 13.2. The number of nitrogens with two attached hydrogens (primary N) is 1. The van der Waals surface area contributed by atoms with Gasteiger partial charge in [0.2, 0.25) is 0 Å². The number of nitrogens with one attached hydrogen (secondary N) is 1. The Bertz CT molecular complexity index is 507. The molecule has 7 nitrogen and oxygen atoms in total. The van der Waals surface area contributed by atoms with E-state index in [-0.39, 0.29) is 23.9 Å². The average molecular weight is 271 g/mol. The van der Waals surface area contributed by atoms with Crippen LogP contribution in [0.25, 0.3) is 0 Å². The van der Waals surface area contributed by atoms with Gasteiger partial charge in [-0.2, -0.15) is 0 Å². The lowest BCUT2D eigenvalue weighted by Gasteiger charge is -2.11. The first kappa shape index (κ1) is 14.8. The van der Waals surface area contributed by atoms with E-state index in [1.54, 1.807) is 6.92 Å². The van der Waals surface area contributed by atoms with Crippen molar-refractivity contribution in [2.24, 2.45) is 0 Å². The number of carbonyl (C=O) groups excluding carboxylic acids is 1. The third-order valence-corrected chi connectivity index (χ3v) is 2.51. The molecular formula is C11H14FN3O4. The second-order valence-electron chi connectivity index (χ2n) is 3.90. The van der Waals surface area contributed by atoms with Crippen molar-refractivity contribution < 1.29 is 18.8 Å². The minimum absolute atomic E-state index is 0.170. The van der Waals surface area contributed by atoms with Crippen molar-refractivity contribution in [3.05, 3.63) is 33.6 Å². The lowest BCUT2D eigenvalue weighted by atomic mass is 10.1. The summed E-state index contributed by atoms with van der Waals surface area (Å²) in [6, 6.07) is 1.57. The van der Waals surface area contributed by atoms with Crippen LogP contribution in [0.15, 0.2) is 12.1 Å². The Kier molecular flexibility index (Phi) is 4.76. The fourth-order valence-electron chi connectivity index (χ4n) is 1.33. The van der Waals surface area contributed by atoms with Gasteiger partial charge in [0.05, 0.1) is 22.8 Å². The Hall–Kier alpha value is -2.22. The molecule has 1 aromatic carbocycles. The zero-order valence-electron chi connectivity index (χ0n) is 10.5. The van der Waals surface area contributed by atoms with Crippen LogP contribution in [-0.4, -0.2) is 30.6 Å². The van der Waals surface area contributed by atoms with Crippen molar-refractivity contribution in [2.75, 3.05) is 19.4 Å². The van der Waals surface area contributed by atoms with Crippen LogP contribution >= 0.6 is 0 Å². The molecule has 0 heterocycles. The number of halogens is 1. The molecule has 0 aliphatic heterocycles. The molecule has 1 unspecified atom stereocenters. The third kappa shape index (κ3) is 3.62. The number of amides is 1. The maximum atomic E-state index is 13.2. The smallest absolute Gasteiger partial charge is 0.285 e. The minimum Gasteiger partial charge on any atom is -0.396 e. The highest BCUT2D eigenvalue weighted by Gasteiger charge is 2.23. The highest BCUT2D eigenvalue weighted by atomic mass is 19.1. The molecule has 0 bridgehead atoms. The number of carbonyl (C=O) groups is 1. The van der Waals surface area contributed by atoms with Crippen LogP contribution in [-0.2, 0) is 4.74 Å². The zero-order chi connectivity index (χ0) is 14.6. The molecular weight excluding hydrogens is 257 g/mol. The first-order valence-corrected chi connectivity index (χ1v) is 5.41. The van der Waals surface area contributed by atoms with Gasteiger partial charge in [0.25, 0.3) is 11.6 Å². The molecule has 0 saturated carbocycles. The number of anilines is 1. The molecule has 0 spiro atoms. The molecule has 8 heteroatoms. The van der Waals surface area contributed by atoms with Gasteiger partial charge in [0, 0.05) is 13.7 Å². The number of rotatable bonds is 5. The number of nitrogen functional groups attached to an aromatic ring is 1. The van der Waals surface area contributed by atoms with Crippen LogP contribution in [0.2, 0.25) is 0 Å². The van der Waals surface area contributed by atoms with Gasteiger partial charge in [-0.1, -0.05) is 0 Å². The maximum absolute atomic E-state index is 13.2. The molecule has 1 aromatic rings. The summed E-state index contributed by atoms with van der Waals surface area (Å²) in [6.45, 7) is 1.89. The highest BCUT2D eigenvalue weighted by Crippen LogP contribution is 2.24. The summed E-state index contributed by atoms with van der Waals surface area (Å²) >= 11 is 0. The van der Waals surface area contributed by atoms with Gasteiger partial charge >= 0.3 is 0 Å². The molecule has 1 atom stereocenters. The quantitative estimate of drug-likeness (QED) is 0.473. The Morgan fingerprint density at radius 2 is 2.26 bits per heavy atom. The number of nitro groups is 1. The van der Waals surface area contributed by atoms with Crippen molar-refractivity contribution in [1.29, 1.82) is 0 Å². The molecule has 0 aliphatic rings. The van der Waals surface area contributed by atoms with E-state index < -0.39 is 22.3 Å². The lowest BCUT2D eigenvalue weighted by molar-refractivity contribution is -0.385. The predicted molar refractivity (Wildman–Crippen MR) is 66.3 cm³/mol. The SMILES string of the molecule is COC(C)CNC(=O)c1cc(N)c(F)cc1[N+](=O)[O-]. The minimum atomic E-state index is -0.937. The van der Waals surface area contributed by atoms with Crippen LogP contribution in [0.4, 0.5) is 15.8 Å². The van der Waals surface area contributed by atoms with E-state index in [0.29, 0.717) is 6.07 Å². The van der Waals surface area contributed by atoms with Crippen molar-refractivity contribution in [3.8, 4) is 0 Å². The largest absolute Gasteiger partial charge is 0.396 e. The summed E-state index contributed by atoms with van der Waals surface area (Å²) in [5.41, 5.74) is 4.07. The molecule has 1 amide bonds. The first-order chi connectivity index (χ1) is 8.86. The van der Waals surface area contributed by atoms with E-state index in [1.807, 2.05) is 0 Å². The van der Waals surface area contributed by atoms with Crippen LogP contribution < -0.4 is 11.1 Å². The van der Waals surface area contributed by atoms with Crippen molar-refractivity contribution in [3.63, 3.8) is 0 Å². The van der Waals surface area contributed by atoms with Crippen molar-refractivity contribution in [2.45, 2.75) is 13.0 Å². The summed E-state index contributed by atoms with van der Waals surface area (Å²) < 4.78 is 18.1. The summed E-state index contributed by atoms with van der Waals surface area (Å²) in [7, 11) is 1.47. The highest BCUT2D eigenvalue weighted by molar-refractivity contribution is 5.99. The molecule has 1 rings (SSSR count). The van der Waals surface area contributed by atoms with Crippen LogP contribution in [0.1, 0.15) is 17.3 Å². The van der Waals surface area contributed by atoms with Crippen molar-refractivity contribution >= 4 is 17.3 Å². The normalized spacial score (nSPS) is 11.9. The Morgan fingerprint density at radius 1 is 1.63 bits per heavy atom. The van der Waals surface area contributed by atoms with Crippen LogP contribution in [0, 0.1) is 15.9 Å². The Morgan fingerprint density at radius 3 is 2.79 bits per heavy atom. The van der Waals surface area contributed by atoms with E-state index in [0.717, 1.165) is 6.07 Å². The monoisotopic (exact) mass is 271 g/mol. The van der Waals surface area contributed by atoms with Gasteiger partial charge in [-0.05, 0) is 13.0 Å². The third-order valence-electron chi connectivity index (χ3n) is 2.51. The molecule has 19 heavy (non-hydrogen) atoms. The van der Waals surface area contributed by atoms with E-state index in [1.165, 1.54) is 7.11 Å². The second-order valence-corrected chi connectivity index (χ2v) is 3.90. The molecule has 0 fully saturated rings. The van der Waals surface area contributed by atoms with Gasteiger partial charge in [0.1, 0.15) is 5.56 Å². The number of nitrogens with zero attached hydrogens (tertiary/aromatic N) is 1. The average Bonchev–Trinajstić information content (AvgIpc) is 2.37. The number of hydrogen-bond acceptors (Lipinski definition) is 5. The van der Waals surface area contributed by atoms with E-state index in [2.05, 4.69) is 5.32 Å². The van der Waals surface area contributed by atoms with Crippen LogP contribution in [0.3, 0.4) is 0 Å². The molecule has 0 aromatic heterocycles. The first-order valence-electron chi connectivity index (χ1n) is 5.41. The molecule has 104 valence electrons. The van der Waals surface area contributed by atoms with E-state index >= 15 is 0 Å². The fourth-order valence-corrected chi connectivity index (χ4v) is 1.33. The lowest BCUT2D eigenvalue weighted by Crippen LogP contribution is -2.32. The number of nitro benzene ring substituents is 1. The molecule has 0 aliphatic carbocycles. The number of ether oxygens (including phenoxy) is 1. The number of hydrogen-bond donors (Lipinski definition) is 2. The zero-order valence-corrected chi connectivity index (χ0v) is 10.5. The molecule has 0 radical (unpaired) electrons. The maximum Gasteiger partial charge on any atom is 0.285 e. The Balaban J connectivity index is 3.01. The summed E-state index contributed by atoms with van der Waals surface area (Å²) in [4.78, 5) is 21.7. The van der Waals surface area contributed by atoms with Gasteiger partial charge < -0.3 is 15.8 Å². The summed E-state index contributed by atoms with van der Waals surface area (Å²) in [6.07, 6.45) is -0.249. The number of benzene rings is 1. The van der Waals surface area contributed by atoms with Gasteiger partial charge in [-0.3, -0.25) is 14.9 Å². The molecule has 0 saturated heterocycles. The fraction of sp³-hybridized carbons (Fsp3) is 0.364.